The quantitative estimate of drug-likeness (QED) is 0.617. The molecule has 4 rings (SSSR count). The van der Waals surface area contributed by atoms with Crippen LogP contribution in [-0.2, 0) is 11.2 Å². The predicted molar refractivity (Wildman–Crippen MR) is 102 cm³/mol. The van der Waals surface area contributed by atoms with Gasteiger partial charge in [0.2, 0.25) is 12.7 Å². The zero-order valence-electron chi connectivity index (χ0n) is 13.3. The number of thiophene rings is 1. The van der Waals surface area contributed by atoms with Gasteiger partial charge in [0.05, 0.1) is 11.4 Å². The van der Waals surface area contributed by atoms with Crippen molar-refractivity contribution in [2.45, 2.75) is 6.42 Å². The lowest BCUT2D eigenvalue weighted by atomic mass is 10.1. The molecule has 1 aliphatic rings. The Morgan fingerprint density at radius 1 is 1.15 bits per heavy atom. The summed E-state index contributed by atoms with van der Waals surface area (Å²) < 4.78 is 10.6. The number of carbonyl (C=O) groups is 1. The highest BCUT2D eigenvalue weighted by Gasteiger charge is 2.18. The maximum atomic E-state index is 12.4. The Balaban J connectivity index is 1.46. The number of rotatable bonds is 4. The summed E-state index contributed by atoms with van der Waals surface area (Å²) in [7, 11) is 0. The van der Waals surface area contributed by atoms with Crippen molar-refractivity contribution in [2.24, 2.45) is 0 Å². The average Bonchev–Trinajstić information content (AvgIpc) is 3.24. The van der Waals surface area contributed by atoms with Crippen LogP contribution >= 0.6 is 34.5 Å². The van der Waals surface area contributed by atoms with E-state index in [-0.39, 0.29) is 19.1 Å². The number of halogens is 2. The largest absolute Gasteiger partial charge is 0.454 e. The van der Waals surface area contributed by atoms with Gasteiger partial charge in [-0.1, -0.05) is 23.2 Å². The summed E-state index contributed by atoms with van der Waals surface area (Å²) in [5.41, 5.74) is 2.60. The standard InChI is InChI=1S/C18H12Cl2N2O3S/c19-13-7-15-14(24-9-25-15)3-11(13)5-17(23)22-18-6-12(8-26-18)10-1-2-21-16(20)4-10/h1-4,6-8H,5,9H2,(H,22,23). The molecule has 0 saturated heterocycles. The van der Waals surface area contributed by atoms with Crippen LogP contribution in [0.4, 0.5) is 5.00 Å². The summed E-state index contributed by atoms with van der Waals surface area (Å²) in [6, 6.07) is 8.95. The van der Waals surface area contributed by atoms with E-state index in [0.29, 0.717) is 27.2 Å². The highest BCUT2D eigenvalue weighted by atomic mass is 35.5. The molecule has 0 spiro atoms. The third-order valence-corrected chi connectivity index (χ3v) is 5.22. The summed E-state index contributed by atoms with van der Waals surface area (Å²) >= 11 is 13.6. The van der Waals surface area contributed by atoms with E-state index >= 15 is 0 Å². The van der Waals surface area contributed by atoms with E-state index in [1.54, 1.807) is 24.4 Å². The number of benzene rings is 1. The van der Waals surface area contributed by atoms with E-state index in [9.17, 15) is 4.79 Å². The minimum Gasteiger partial charge on any atom is -0.454 e. The molecule has 0 bridgehead atoms. The van der Waals surface area contributed by atoms with Gasteiger partial charge in [-0.2, -0.15) is 0 Å². The second-order valence-electron chi connectivity index (χ2n) is 5.59. The third-order valence-electron chi connectivity index (χ3n) is 3.81. The van der Waals surface area contributed by atoms with Crippen LogP contribution in [0.5, 0.6) is 11.5 Å². The van der Waals surface area contributed by atoms with Crippen molar-refractivity contribution < 1.29 is 14.3 Å². The van der Waals surface area contributed by atoms with E-state index < -0.39 is 0 Å². The van der Waals surface area contributed by atoms with Crippen molar-refractivity contribution in [3.05, 3.63) is 57.6 Å². The number of pyridine rings is 1. The summed E-state index contributed by atoms with van der Waals surface area (Å²) in [6.07, 6.45) is 1.79. The van der Waals surface area contributed by atoms with Gasteiger partial charge in [0, 0.05) is 22.7 Å². The van der Waals surface area contributed by atoms with Gasteiger partial charge in [0.25, 0.3) is 0 Å². The normalized spacial score (nSPS) is 12.2. The van der Waals surface area contributed by atoms with Crippen LogP contribution in [0.25, 0.3) is 11.1 Å². The first-order chi connectivity index (χ1) is 12.6. The number of aromatic nitrogens is 1. The lowest BCUT2D eigenvalue weighted by Gasteiger charge is -2.06. The Kier molecular flexibility index (Phi) is 4.72. The van der Waals surface area contributed by atoms with E-state index in [2.05, 4.69) is 10.3 Å². The number of hydrogen-bond donors (Lipinski definition) is 1. The molecule has 0 aliphatic carbocycles. The maximum absolute atomic E-state index is 12.4. The number of anilines is 1. The fraction of sp³-hybridized carbons (Fsp3) is 0.111. The molecule has 8 heteroatoms. The molecule has 3 heterocycles. The van der Waals surface area contributed by atoms with Crippen molar-refractivity contribution in [2.75, 3.05) is 12.1 Å². The first-order valence-corrected chi connectivity index (χ1v) is 9.30. The smallest absolute Gasteiger partial charge is 0.231 e. The molecule has 0 saturated carbocycles. The van der Waals surface area contributed by atoms with Crippen LogP contribution in [0.1, 0.15) is 5.56 Å². The van der Waals surface area contributed by atoms with Crippen molar-refractivity contribution in [3.63, 3.8) is 0 Å². The molecule has 1 N–H and O–H groups in total. The molecule has 0 radical (unpaired) electrons. The molecule has 0 fully saturated rings. The van der Waals surface area contributed by atoms with Gasteiger partial charge in [-0.05, 0) is 41.0 Å². The van der Waals surface area contributed by atoms with Gasteiger partial charge in [0.15, 0.2) is 11.5 Å². The van der Waals surface area contributed by atoms with Gasteiger partial charge in [-0.15, -0.1) is 11.3 Å². The fourth-order valence-electron chi connectivity index (χ4n) is 2.58. The zero-order valence-corrected chi connectivity index (χ0v) is 15.6. The monoisotopic (exact) mass is 406 g/mol. The number of ether oxygens (including phenoxy) is 2. The molecule has 1 aromatic carbocycles. The van der Waals surface area contributed by atoms with E-state index in [1.165, 1.54) is 11.3 Å². The van der Waals surface area contributed by atoms with Gasteiger partial charge in [0.1, 0.15) is 5.15 Å². The van der Waals surface area contributed by atoms with Gasteiger partial charge in [-0.25, -0.2) is 4.98 Å². The molecular weight excluding hydrogens is 395 g/mol. The third kappa shape index (κ3) is 3.62. The number of carbonyl (C=O) groups excluding carboxylic acids is 1. The van der Waals surface area contributed by atoms with Crippen molar-refractivity contribution >= 4 is 45.4 Å². The Labute approximate surface area is 163 Å². The van der Waals surface area contributed by atoms with E-state index in [1.807, 2.05) is 17.5 Å². The van der Waals surface area contributed by atoms with E-state index in [4.69, 9.17) is 32.7 Å². The molecule has 0 atom stereocenters. The lowest BCUT2D eigenvalue weighted by molar-refractivity contribution is -0.115. The maximum Gasteiger partial charge on any atom is 0.231 e. The van der Waals surface area contributed by atoms with Crippen LogP contribution in [0.3, 0.4) is 0 Å². The molecular formula is C18H12Cl2N2O3S. The molecule has 3 aromatic rings. The number of nitrogens with zero attached hydrogens (tertiary/aromatic N) is 1. The highest BCUT2D eigenvalue weighted by molar-refractivity contribution is 7.14. The SMILES string of the molecule is O=C(Cc1cc2c(cc1Cl)OCO2)Nc1cc(-c2ccnc(Cl)c2)cs1. The van der Waals surface area contributed by atoms with Gasteiger partial charge in [-0.3, -0.25) is 4.79 Å². The molecule has 132 valence electrons. The topological polar surface area (TPSA) is 60.5 Å². The summed E-state index contributed by atoms with van der Waals surface area (Å²) in [5.74, 6) is 1.04. The number of nitrogens with one attached hydrogen (secondary N) is 1. The van der Waals surface area contributed by atoms with Gasteiger partial charge < -0.3 is 14.8 Å². The van der Waals surface area contributed by atoms with Crippen LogP contribution in [0.15, 0.2) is 41.9 Å². The number of hydrogen-bond acceptors (Lipinski definition) is 5. The second-order valence-corrected chi connectivity index (χ2v) is 7.29. The van der Waals surface area contributed by atoms with Crippen LogP contribution < -0.4 is 14.8 Å². The number of amides is 1. The molecule has 2 aromatic heterocycles. The molecule has 1 amide bonds. The number of fused-ring (bicyclic) bond motifs is 1. The predicted octanol–water partition coefficient (Wildman–Crippen LogP) is 5.03. The van der Waals surface area contributed by atoms with E-state index in [0.717, 1.165) is 16.1 Å². The fourth-order valence-corrected chi connectivity index (χ4v) is 3.80. The minimum atomic E-state index is -0.160. The average molecular weight is 407 g/mol. The van der Waals surface area contributed by atoms with Crippen molar-refractivity contribution in [1.82, 2.24) is 4.98 Å². The van der Waals surface area contributed by atoms with Crippen molar-refractivity contribution in [3.8, 4) is 22.6 Å². The summed E-state index contributed by atoms with van der Waals surface area (Å²) in [4.78, 5) is 16.3. The molecule has 1 aliphatic heterocycles. The van der Waals surface area contributed by atoms with Crippen LogP contribution in [0.2, 0.25) is 10.2 Å². The summed E-state index contributed by atoms with van der Waals surface area (Å²) in [6.45, 7) is 0.165. The lowest BCUT2D eigenvalue weighted by Crippen LogP contribution is -2.13. The Morgan fingerprint density at radius 3 is 2.77 bits per heavy atom. The highest BCUT2D eigenvalue weighted by Crippen LogP contribution is 2.37. The van der Waals surface area contributed by atoms with Crippen LogP contribution in [0, 0.1) is 0 Å². The minimum absolute atomic E-state index is 0.143. The molecule has 5 nitrogen and oxygen atoms in total. The molecule has 0 unspecified atom stereocenters. The van der Waals surface area contributed by atoms with Crippen molar-refractivity contribution in [1.29, 1.82) is 0 Å². The Morgan fingerprint density at radius 2 is 1.96 bits per heavy atom. The van der Waals surface area contributed by atoms with Gasteiger partial charge >= 0.3 is 0 Å². The second kappa shape index (κ2) is 7.15. The Bertz CT molecular complexity index is 990. The van der Waals surface area contributed by atoms with Crippen LogP contribution in [-0.4, -0.2) is 17.7 Å². The Hall–Kier alpha value is -2.28. The summed E-state index contributed by atoms with van der Waals surface area (Å²) in [5, 5.41) is 6.49. The zero-order chi connectivity index (χ0) is 18.1. The first-order valence-electron chi connectivity index (χ1n) is 7.67. The first kappa shape index (κ1) is 17.1. The molecule has 26 heavy (non-hydrogen) atoms.